The smallest absolute Gasteiger partial charge is 0.224 e. The van der Waals surface area contributed by atoms with Gasteiger partial charge in [-0.05, 0) is 78.4 Å². The highest BCUT2D eigenvalue weighted by atomic mass is 19.1. The maximum Gasteiger partial charge on any atom is 0.224 e. The van der Waals surface area contributed by atoms with E-state index in [4.69, 9.17) is 0 Å². The minimum atomic E-state index is -0.197. The maximum atomic E-state index is 13.1. The molecule has 5 heteroatoms. The van der Waals surface area contributed by atoms with E-state index in [0.29, 0.717) is 6.42 Å². The zero-order valence-electron chi connectivity index (χ0n) is 22.4. The van der Waals surface area contributed by atoms with Crippen molar-refractivity contribution in [3.63, 3.8) is 0 Å². The predicted octanol–water partition coefficient (Wildman–Crippen LogP) is 6.55. The first-order valence-electron chi connectivity index (χ1n) is 13.8. The lowest BCUT2D eigenvalue weighted by Crippen LogP contribution is -2.46. The number of nitrogens with zero attached hydrogens (tertiary/aromatic N) is 2. The summed E-state index contributed by atoms with van der Waals surface area (Å²) < 4.78 is 13.1. The van der Waals surface area contributed by atoms with Crippen molar-refractivity contribution in [2.45, 2.75) is 25.7 Å². The minimum Gasteiger partial charge on any atom is -0.369 e. The molecule has 0 spiro atoms. The van der Waals surface area contributed by atoms with E-state index in [0.717, 1.165) is 68.8 Å². The van der Waals surface area contributed by atoms with E-state index in [-0.39, 0.29) is 11.7 Å². The largest absolute Gasteiger partial charge is 0.369 e. The third-order valence-electron chi connectivity index (χ3n) is 7.40. The Bertz CT molecular complexity index is 1330. The molecule has 0 aliphatic carbocycles. The molecule has 5 rings (SSSR count). The SMILES string of the molecule is O=C(CCCN1CCN(c2ccc(Cc3ccc(F)cc3)cc2)CC1)Nc1ccccc1Cc1ccccc1. The molecule has 1 aliphatic rings. The van der Waals surface area contributed by atoms with Gasteiger partial charge in [0.05, 0.1) is 0 Å². The van der Waals surface area contributed by atoms with Crippen molar-refractivity contribution >= 4 is 17.3 Å². The van der Waals surface area contributed by atoms with Crippen molar-refractivity contribution < 1.29 is 9.18 Å². The average Bonchev–Trinajstić information content (AvgIpc) is 2.97. The number of piperazine rings is 1. The van der Waals surface area contributed by atoms with Gasteiger partial charge < -0.3 is 10.2 Å². The van der Waals surface area contributed by atoms with Crippen LogP contribution in [0.2, 0.25) is 0 Å². The van der Waals surface area contributed by atoms with Gasteiger partial charge in [0, 0.05) is 44.0 Å². The van der Waals surface area contributed by atoms with Gasteiger partial charge in [-0.1, -0.05) is 72.8 Å². The van der Waals surface area contributed by atoms with Crippen molar-refractivity contribution in [2.75, 3.05) is 42.9 Å². The van der Waals surface area contributed by atoms with E-state index >= 15 is 0 Å². The van der Waals surface area contributed by atoms with Crippen molar-refractivity contribution in [1.29, 1.82) is 0 Å². The lowest BCUT2D eigenvalue weighted by molar-refractivity contribution is -0.116. The van der Waals surface area contributed by atoms with Gasteiger partial charge in [0.1, 0.15) is 5.82 Å². The van der Waals surface area contributed by atoms with Crippen molar-refractivity contribution in [3.8, 4) is 0 Å². The third-order valence-corrected chi connectivity index (χ3v) is 7.40. The topological polar surface area (TPSA) is 35.6 Å². The molecule has 4 nitrogen and oxygen atoms in total. The number of hydrogen-bond acceptors (Lipinski definition) is 3. The fourth-order valence-electron chi connectivity index (χ4n) is 5.18. The van der Waals surface area contributed by atoms with Gasteiger partial charge in [-0.2, -0.15) is 0 Å². The van der Waals surface area contributed by atoms with Crippen LogP contribution in [-0.2, 0) is 17.6 Å². The van der Waals surface area contributed by atoms with Crippen LogP contribution in [0.5, 0.6) is 0 Å². The zero-order valence-corrected chi connectivity index (χ0v) is 22.4. The summed E-state index contributed by atoms with van der Waals surface area (Å²) in [7, 11) is 0. The molecule has 39 heavy (non-hydrogen) atoms. The van der Waals surface area contributed by atoms with Crippen molar-refractivity contribution in [1.82, 2.24) is 4.90 Å². The van der Waals surface area contributed by atoms with Crippen molar-refractivity contribution in [2.24, 2.45) is 0 Å². The molecule has 4 aromatic rings. The van der Waals surface area contributed by atoms with E-state index < -0.39 is 0 Å². The predicted molar refractivity (Wildman–Crippen MR) is 158 cm³/mol. The Balaban J connectivity index is 1.03. The number of carbonyl (C=O) groups is 1. The molecular formula is C34H36FN3O. The molecule has 0 atom stereocenters. The lowest BCUT2D eigenvalue weighted by Gasteiger charge is -2.36. The number of anilines is 2. The first-order chi connectivity index (χ1) is 19.1. The average molecular weight is 522 g/mol. The van der Waals surface area contributed by atoms with E-state index in [9.17, 15) is 9.18 Å². The Morgan fingerprint density at radius 3 is 2.03 bits per heavy atom. The van der Waals surface area contributed by atoms with E-state index in [2.05, 4.69) is 57.6 Å². The molecule has 1 aliphatic heterocycles. The second-order valence-electron chi connectivity index (χ2n) is 10.3. The van der Waals surface area contributed by atoms with Crippen LogP contribution >= 0.6 is 0 Å². The fraction of sp³-hybridized carbons (Fsp3) is 0.265. The van der Waals surface area contributed by atoms with E-state index in [1.54, 1.807) is 0 Å². The molecule has 0 bridgehead atoms. The Morgan fingerprint density at radius 1 is 0.692 bits per heavy atom. The number of amides is 1. The van der Waals surface area contributed by atoms with Gasteiger partial charge in [-0.3, -0.25) is 9.69 Å². The quantitative estimate of drug-likeness (QED) is 0.257. The standard InChI is InChI=1S/C34H36FN3O/c35-31-16-12-28(13-17-31)25-29-14-18-32(19-15-29)38-23-21-37(22-24-38)20-6-11-34(39)36-33-10-5-4-9-30(33)26-27-7-2-1-3-8-27/h1-5,7-10,12-19H,6,11,20-26H2,(H,36,39). The molecule has 1 amide bonds. The molecule has 0 aromatic heterocycles. The maximum absolute atomic E-state index is 13.1. The second kappa shape index (κ2) is 13.2. The summed E-state index contributed by atoms with van der Waals surface area (Å²) in [5, 5.41) is 3.14. The van der Waals surface area contributed by atoms with Crippen LogP contribution in [-0.4, -0.2) is 43.5 Å². The van der Waals surface area contributed by atoms with Gasteiger partial charge >= 0.3 is 0 Å². The molecule has 0 saturated carbocycles. The Morgan fingerprint density at radius 2 is 1.31 bits per heavy atom. The van der Waals surface area contributed by atoms with Crippen LogP contribution < -0.4 is 10.2 Å². The molecule has 1 N–H and O–H groups in total. The van der Waals surface area contributed by atoms with Crippen LogP contribution in [0.1, 0.15) is 35.1 Å². The lowest BCUT2D eigenvalue weighted by atomic mass is 10.0. The number of hydrogen-bond donors (Lipinski definition) is 1. The highest BCUT2D eigenvalue weighted by Gasteiger charge is 2.17. The molecule has 4 aromatic carbocycles. The number of rotatable bonds is 10. The first-order valence-corrected chi connectivity index (χ1v) is 13.8. The minimum absolute atomic E-state index is 0.0786. The number of carbonyl (C=O) groups excluding carboxylic acids is 1. The highest BCUT2D eigenvalue weighted by molar-refractivity contribution is 5.91. The normalized spacial score (nSPS) is 13.8. The molecule has 1 heterocycles. The molecule has 1 saturated heterocycles. The van der Waals surface area contributed by atoms with Crippen LogP contribution in [0.4, 0.5) is 15.8 Å². The van der Waals surface area contributed by atoms with Crippen LogP contribution in [0, 0.1) is 5.82 Å². The Labute approximate surface area is 231 Å². The number of halogens is 1. The fourth-order valence-corrected chi connectivity index (χ4v) is 5.18. The monoisotopic (exact) mass is 521 g/mol. The summed E-state index contributed by atoms with van der Waals surface area (Å²) in [5.41, 5.74) is 6.86. The second-order valence-corrected chi connectivity index (χ2v) is 10.3. The summed E-state index contributed by atoms with van der Waals surface area (Å²) >= 11 is 0. The summed E-state index contributed by atoms with van der Waals surface area (Å²) in [5.74, 6) is -0.119. The molecule has 200 valence electrons. The highest BCUT2D eigenvalue weighted by Crippen LogP contribution is 2.21. The molecule has 0 unspecified atom stereocenters. The van der Waals surface area contributed by atoms with E-state index in [1.807, 2.05) is 48.5 Å². The van der Waals surface area contributed by atoms with E-state index in [1.165, 1.54) is 28.9 Å². The van der Waals surface area contributed by atoms with Gasteiger partial charge in [0.15, 0.2) is 0 Å². The van der Waals surface area contributed by atoms with Crippen LogP contribution in [0.25, 0.3) is 0 Å². The van der Waals surface area contributed by atoms with Crippen molar-refractivity contribution in [3.05, 3.63) is 131 Å². The van der Waals surface area contributed by atoms with Gasteiger partial charge in [-0.15, -0.1) is 0 Å². The van der Waals surface area contributed by atoms with Gasteiger partial charge in [0.25, 0.3) is 0 Å². The van der Waals surface area contributed by atoms with Gasteiger partial charge in [0.2, 0.25) is 5.91 Å². The molecule has 1 fully saturated rings. The summed E-state index contributed by atoms with van der Waals surface area (Å²) in [6.07, 6.45) is 2.99. The molecular weight excluding hydrogens is 485 g/mol. The number of nitrogens with one attached hydrogen (secondary N) is 1. The molecule has 0 radical (unpaired) electrons. The number of para-hydroxylation sites is 1. The van der Waals surface area contributed by atoms with Crippen LogP contribution in [0.3, 0.4) is 0 Å². The first kappa shape index (κ1) is 26.6. The third kappa shape index (κ3) is 7.78. The zero-order chi connectivity index (χ0) is 26.9. The number of benzene rings is 4. The Kier molecular flexibility index (Phi) is 9.02. The summed E-state index contributed by atoms with van der Waals surface area (Å²) in [4.78, 5) is 17.6. The Hall–Kier alpha value is -3.96. The van der Waals surface area contributed by atoms with Gasteiger partial charge in [-0.25, -0.2) is 4.39 Å². The van der Waals surface area contributed by atoms with Crippen LogP contribution in [0.15, 0.2) is 103 Å². The summed E-state index contributed by atoms with van der Waals surface area (Å²) in [6, 6.07) is 33.9. The summed E-state index contributed by atoms with van der Waals surface area (Å²) in [6.45, 7) is 4.90.